The molecule has 0 aliphatic carbocycles. The van der Waals surface area contributed by atoms with Gasteiger partial charge in [-0.25, -0.2) is 4.79 Å². The second kappa shape index (κ2) is 8.87. The number of hydrogen-bond acceptors (Lipinski definition) is 5. The highest BCUT2D eigenvalue weighted by Gasteiger charge is 2.26. The van der Waals surface area contributed by atoms with Gasteiger partial charge < -0.3 is 14.6 Å². The van der Waals surface area contributed by atoms with Gasteiger partial charge in [0.1, 0.15) is 0 Å². The summed E-state index contributed by atoms with van der Waals surface area (Å²) in [5.74, 6) is -1.02. The lowest BCUT2D eigenvalue weighted by Crippen LogP contribution is -2.25. The Morgan fingerprint density at radius 3 is 2.11 bits per heavy atom. The summed E-state index contributed by atoms with van der Waals surface area (Å²) in [5, 5.41) is 0. The van der Waals surface area contributed by atoms with Crippen LogP contribution < -0.4 is 4.90 Å². The third-order valence-corrected chi connectivity index (χ3v) is 4.92. The van der Waals surface area contributed by atoms with E-state index in [4.69, 9.17) is 4.74 Å². The molecule has 0 aliphatic heterocycles. The Labute approximate surface area is 165 Å². The fourth-order valence-corrected chi connectivity index (χ4v) is 3.41. The summed E-state index contributed by atoms with van der Waals surface area (Å²) in [5.41, 5.74) is 3.45. The van der Waals surface area contributed by atoms with Crippen LogP contribution in [0.4, 0.5) is 5.69 Å². The Morgan fingerprint density at radius 2 is 1.64 bits per heavy atom. The normalized spacial score (nSPS) is 11.8. The van der Waals surface area contributed by atoms with E-state index >= 15 is 0 Å². The molecular weight excluding hydrogens is 356 g/mol. The average molecular weight is 384 g/mol. The number of carbonyl (C=O) groups is 3. The number of hydrogen-bond donors (Lipinski definition) is 1. The molecule has 6 nitrogen and oxygen atoms in total. The first-order valence-electron chi connectivity index (χ1n) is 9.51. The summed E-state index contributed by atoms with van der Waals surface area (Å²) in [6, 6.07) is 7.14. The van der Waals surface area contributed by atoms with Crippen molar-refractivity contribution < 1.29 is 19.1 Å². The summed E-state index contributed by atoms with van der Waals surface area (Å²) >= 11 is 0. The Morgan fingerprint density at radius 1 is 1.07 bits per heavy atom. The minimum atomic E-state index is -0.966. The van der Waals surface area contributed by atoms with Gasteiger partial charge in [0.05, 0.1) is 11.3 Å². The highest BCUT2D eigenvalue weighted by molar-refractivity contribution is 6.05. The topological polar surface area (TPSA) is 79.5 Å². The van der Waals surface area contributed by atoms with Gasteiger partial charge in [0.15, 0.2) is 11.9 Å². The summed E-state index contributed by atoms with van der Waals surface area (Å²) < 4.78 is 5.36. The lowest BCUT2D eigenvalue weighted by Gasteiger charge is -2.21. The van der Waals surface area contributed by atoms with E-state index < -0.39 is 12.1 Å². The zero-order valence-corrected chi connectivity index (χ0v) is 17.4. The third-order valence-electron chi connectivity index (χ3n) is 4.92. The van der Waals surface area contributed by atoms with Gasteiger partial charge in [0.2, 0.25) is 5.78 Å². The lowest BCUT2D eigenvalue weighted by atomic mass is 10.0. The van der Waals surface area contributed by atoms with Crippen LogP contribution in [0.1, 0.15) is 70.2 Å². The number of nitrogens with one attached hydrogen (secondary N) is 1. The first kappa shape index (κ1) is 21.4. The van der Waals surface area contributed by atoms with Gasteiger partial charge in [0.25, 0.3) is 0 Å². The summed E-state index contributed by atoms with van der Waals surface area (Å²) in [6.07, 6.45) is -0.966. The van der Waals surface area contributed by atoms with E-state index in [1.54, 1.807) is 26.0 Å². The van der Waals surface area contributed by atoms with E-state index in [9.17, 15) is 14.4 Å². The number of Topliss-reactive ketones (excluding diaryl/α,β-unsaturated/α-hetero) is 2. The van der Waals surface area contributed by atoms with Crippen molar-refractivity contribution in [2.24, 2.45) is 0 Å². The van der Waals surface area contributed by atoms with Crippen molar-refractivity contribution in [3.8, 4) is 0 Å². The van der Waals surface area contributed by atoms with Crippen LogP contribution in [0, 0.1) is 13.8 Å². The van der Waals surface area contributed by atoms with Gasteiger partial charge in [-0.15, -0.1) is 0 Å². The van der Waals surface area contributed by atoms with E-state index in [2.05, 4.69) is 23.7 Å². The Bertz CT molecular complexity index is 877. The number of ether oxygens (including phenoxy) is 1. The van der Waals surface area contributed by atoms with Crippen LogP contribution in [0.2, 0.25) is 0 Å². The maximum absolute atomic E-state index is 12.7. The third kappa shape index (κ3) is 4.32. The lowest BCUT2D eigenvalue weighted by molar-refractivity contribution is 0.0317. The van der Waals surface area contributed by atoms with Crippen molar-refractivity contribution in [3.63, 3.8) is 0 Å². The molecule has 2 rings (SSSR count). The molecule has 0 amide bonds. The van der Waals surface area contributed by atoms with Crippen LogP contribution in [0.25, 0.3) is 0 Å². The minimum Gasteiger partial charge on any atom is -0.451 e. The molecule has 0 saturated heterocycles. The number of nitrogens with zero attached hydrogens (tertiary/aromatic N) is 1. The summed E-state index contributed by atoms with van der Waals surface area (Å²) in [7, 11) is 0. The van der Waals surface area contributed by atoms with E-state index in [0.29, 0.717) is 28.1 Å². The van der Waals surface area contributed by atoms with Crippen molar-refractivity contribution in [2.45, 2.75) is 47.6 Å². The largest absolute Gasteiger partial charge is 0.451 e. The second-order valence-electron chi connectivity index (χ2n) is 6.81. The zero-order chi connectivity index (χ0) is 21.0. The standard InChI is InChI=1S/C22H28N2O4/c1-7-24(8-2)18-11-9-17(10-12-18)22(27)28-16(6)21(26)20-13(3)19(15(5)25)14(4)23-20/h9-12,16,23H,7-8H2,1-6H3/t16-/m1/s1. The number of ketones is 2. The highest BCUT2D eigenvalue weighted by atomic mass is 16.5. The summed E-state index contributed by atoms with van der Waals surface area (Å²) in [6.45, 7) is 12.4. The average Bonchev–Trinajstić information content (AvgIpc) is 2.96. The molecule has 1 aromatic carbocycles. The number of H-pyrrole nitrogens is 1. The molecule has 1 N–H and O–H groups in total. The maximum Gasteiger partial charge on any atom is 0.338 e. The Hall–Kier alpha value is -2.89. The first-order chi connectivity index (χ1) is 13.2. The van der Waals surface area contributed by atoms with Crippen LogP contribution in [-0.4, -0.2) is 41.7 Å². The molecule has 0 aliphatic rings. The van der Waals surface area contributed by atoms with E-state index in [0.717, 1.165) is 18.8 Å². The fraction of sp³-hybridized carbons (Fsp3) is 0.409. The van der Waals surface area contributed by atoms with E-state index in [1.807, 2.05) is 12.1 Å². The predicted octanol–water partition coefficient (Wildman–Crippen LogP) is 4.11. The molecule has 150 valence electrons. The Kier molecular flexibility index (Phi) is 6.78. The van der Waals surface area contributed by atoms with E-state index in [1.165, 1.54) is 13.8 Å². The molecule has 1 aromatic heterocycles. The molecule has 1 atom stereocenters. The van der Waals surface area contributed by atoms with Crippen LogP contribution in [0.15, 0.2) is 24.3 Å². The van der Waals surface area contributed by atoms with Crippen LogP contribution in [-0.2, 0) is 4.74 Å². The number of aryl methyl sites for hydroxylation is 1. The molecule has 0 saturated carbocycles. The number of carbonyl (C=O) groups excluding carboxylic acids is 3. The first-order valence-corrected chi connectivity index (χ1v) is 9.51. The quantitative estimate of drug-likeness (QED) is 0.547. The van der Waals surface area contributed by atoms with Gasteiger partial charge in [-0.3, -0.25) is 9.59 Å². The van der Waals surface area contributed by atoms with Gasteiger partial charge in [0, 0.05) is 30.0 Å². The smallest absolute Gasteiger partial charge is 0.338 e. The van der Waals surface area contributed by atoms with Crippen molar-refractivity contribution in [1.29, 1.82) is 0 Å². The van der Waals surface area contributed by atoms with E-state index in [-0.39, 0.29) is 11.6 Å². The highest BCUT2D eigenvalue weighted by Crippen LogP contribution is 2.21. The number of benzene rings is 1. The molecule has 28 heavy (non-hydrogen) atoms. The number of esters is 1. The number of rotatable bonds is 8. The van der Waals surface area contributed by atoms with Crippen LogP contribution >= 0.6 is 0 Å². The maximum atomic E-state index is 12.7. The summed E-state index contributed by atoms with van der Waals surface area (Å²) in [4.78, 5) is 42.0. The molecule has 2 aromatic rings. The molecular formula is C22H28N2O4. The molecule has 1 heterocycles. The molecule has 0 spiro atoms. The number of aromatic nitrogens is 1. The second-order valence-corrected chi connectivity index (χ2v) is 6.81. The van der Waals surface area contributed by atoms with Crippen LogP contribution in [0.5, 0.6) is 0 Å². The SMILES string of the molecule is CCN(CC)c1ccc(C(=O)O[C@H](C)C(=O)c2[nH]c(C)c(C(C)=O)c2C)cc1. The molecule has 0 unspecified atom stereocenters. The zero-order valence-electron chi connectivity index (χ0n) is 17.4. The van der Waals surface area contributed by atoms with Crippen molar-refractivity contribution in [3.05, 3.63) is 52.3 Å². The van der Waals surface area contributed by atoms with Crippen LogP contribution in [0.3, 0.4) is 0 Å². The molecule has 6 heteroatoms. The van der Waals surface area contributed by atoms with Crippen molar-refractivity contribution in [1.82, 2.24) is 4.98 Å². The minimum absolute atomic E-state index is 0.108. The van der Waals surface area contributed by atoms with Crippen molar-refractivity contribution >= 4 is 23.2 Å². The van der Waals surface area contributed by atoms with Gasteiger partial charge in [-0.05, 0) is 71.4 Å². The molecule has 0 radical (unpaired) electrons. The predicted molar refractivity (Wildman–Crippen MR) is 109 cm³/mol. The van der Waals surface area contributed by atoms with Crippen molar-refractivity contribution in [2.75, 3.05) is 18.0 Å². The monoisotopic (exact) mass is 384 g/mol. The number of anilines is 1. The molecule has 0 fully saturated rings. The van der Waals surface area contributed by atoms with Gasteiger partial charge in [-0.2, -0.15) is 0 Å². The molecule has 0 bridgehead atoms. The fourth-order valence-electron chi connectivity index (χ4n) is 3.41. The number of aromatic amines is 1. The Balaban J connectivity index is 2.13. The van der Waals surface area contributed by atoms with Gasteiger partial charge >= 0.3 is 5.97 Å². The van der Waals surface area contributed by atoms with Gasteiger partial charge in [-0.1, -0.05) is 0 Å².